The molecule has 0 aliphatic rings. The molecule has 0 aromatic heterocycles. The van der Waals surface area contributed by atoms with E-state index in [1.165, 1.54) is 0 Å². The van der Waals surface area contributed by atoms with Gasteiger partial charge in [-0.25, -0.2) is 0 Å². The van der Waals surface area contributed by atoms with Gasteiger partial charge in [0.15, 0.2) is 0 Å². The highest BCUT2D eigenvalue weighted by Crippen LogP contribution is 2.13. The van der Waals surface area contributed by atoms with Crippen LogP contribution >= 0.6 is 11.8 Å². The van der Waals surface area contributed by atoms with Crippen molar-refractivity contribution in [1.82, 2.24) is 0 Å². The largest absolute Gasteiger partial charge is 0.392 e. The zero-order chi connectivity index (χ0) is 9.56. The second-order valence-electron chi connectivity index (χ2n) is 4.21. The molecule has 1 nitrogen and oxygen atoms in total. The van der Waals surface area contributed by atoms with Crippen LogP contribution < -0.4 is 0 Å². The van der Waals surface area contributed by atoms with Crippen molar-refractivity contribution in [3.05, 3.63) is 0 Å². The Morgan fingerprint density at radius 3 is 2.00 bits per heavy atom. The lowest BCUT2D eigenvalue weighted by molar-refractivity contribution is 0.172. The topological polar surface area (TPSA) is 20.2 Å². The van der Waals surface area contributed by atoms with E-state index in [9.17, 15) is 5.11 Å². The monoisotopic (exact) mass is 190 g/mol. The van der Waals surface area contributed by atoms with Gasteiger partial charge in [0, 0.05) is 5.75 Å². The third-order valence-corrected chi connectivity index (χ3v) is 3.03. The minimum Gasteiger partial charge on any atom is -0.392 e. The minimum atomic E-state index is -0.103. The summed E-state index contributed by atoms with van der Waals surface area (Å²) >= 11 is 1.86. The molecule has 12 heavy (non-hydrogen) atoms. The molecule has 0 saturated heterocycles. The third-order valence-electron chi connectivity index (χ3n) is 1.50. The first kappa shape index (κ1) is 12.3. The highest BCUT2D eigenvalue weighted by Gasteiger charge is 2.06. The zero-order valence-electron chi connectivity index (χ0n) is 8.71. The van der Waals surface area contributed by atoms with Crippen LogP contribution in [0, 0.1) is 11.8 Å². The fraction of sp³-hybridized carbons (Fsp3) is 1.00. The second kappa shape index (κ2) is 6.79. The Labute approximate surface area is 80.9 Å². The van der Waals surface area contributed by atoms with Gasteiger partial charge in [-0.3, -0.25) is 0 Å². The first-order chi connectivity index (χ1) is 5.52. The Bertz CT molecular complexity index is 102. The van der Waals surface area contributed by atoms with Crippen LogP contribution in [0.5, 0.6) is 0 Å². The lowest BCUT2D eigenvalue weighted by atomic mass is 10.1. The SMILES string of the molecule is CC(C)CSCC(O)CC(C)C. The lowest BCUT2D eigenvalue weighted by Gasteiger charge is -2.13. The van der Waals surface area contributed by atoms with Gasteiger partial charge in [-0.1, -0.05) is 27.7 Å². The quantitative estimate of drug-likeness (QED) is 0.695. The minimum absolute atomic E-state index is 0.103. The van der Waals surface area contributed by atoms with E-state index in [4.69, 9.17) is 0 Å². The maximum absolute atomic E-state index is 9.51. The second-order valence-corrected chi connectivity index (χ2v) is 5.29. The number of thioether (sulfide) groups is 1. The van der Waals surface area contributed by atoms with E-state index < -0.39 is 0 Å². The zero-order valence-corrected chi connectivity index (χ0v) is 9.53. The molecule has 1 atom stereocenters. The fourth-order valence-electron chi connectivity index (χ4n) is 1.05. The van der Waals surface area contributed by atoms with Crippen molar-refractivity contribution < 1.29 is 5.11 Å². The molecule has 0 aromatic carbocycles. The Kier molecular flexibility index (Phi) is 6.96. The summed E-state index contributed by atoms with van der Waals surface area (Å²) in [5, 5.41) is 9.51. The first-order valence-corrected chi connectivity index (χ1v) is 5.93. The van der Waals surface area contributed by atoms with Crippen LogP contribution in [0.15, 0.2) is 0 Å². The van der Waals surface area contributed by atoms with Gasteiger partial charge in [0.25, 0.3) is 0 Å². The number of hydrogen-bond donors (Lipinski definition) is 1. The Morgan fingerprint density at radius 1 is 1.00 bits per heavy atom. The van der Waals surface area contributed by atoms with Crippen molar-refractivity contribution >= 4 is 11.8 Å². The number of aliphatic hydroxyl groups excluding tert-OH is 1. The van der Waals surface area contributed by atoms with E-state index in [1.807, 2.05) is 11.8 Å². The predicted octanol–water partition coefficient (Wildman–Crippen LogP) is 2.78. The molecular formula is C10H22OS. The van der Waals surface area contributed by atoms with Crippen molar-refractivity contribution in [2.75, 3.05) is 11.5 Å². The van der Waals surface area contributed by atoms with Crippen molar-refractivity contribution in [1.29, 1.82) is 0 Å². The maximum atomic E-state index is 9.51. The van der Waals surface area contributed by atoms with E-state index in [1.54, 1.807) is 0 Å². The molecule has 0 amide bonds. The Morgan fingerprint density at radius 2 is 1.58 bits per heavy atom. The van der Waals surface area contributed by atoms with Crippen LogP contribution in [0.4, 0.5) is 0 Å². The van der Waals surface area contributed by atoms with Gasteiger partial charge < -0.3 is 5.11 Å². The van der Waals surface area contributed by atoms with Gasteiger partial charge in [0.2, 0.25) is 0 Å². The summed E-state index contributed by atoms with van der Waals surface area (Å²) in [6.07, 6.45) is 0.833. The van der Waals surface area contributed by atoms with Crippen LogP contribution in [0.1, 0.15) is 34.1 Å². The molecule has 0 fully saturated rings. The molecule has 2 heteroatoms. The van der Waals surface area contributed by atoms with Crippen molar-refractivity contribution in [3.63, 3.8) is 0 Å². The summed E-state index contributed by atoms with van der Waals surface area (Å²) in [5.41, 5.74) is 0. The highest BCUT2D eigenvalue weighted by molar-refractivity contribution is 7.99. The van der Waals surface area contributed by atoms with Crippen LogP contribution in [-0.2, 0) is 0 Å². The molecule has 0 aliphatic carbocycles. The Hall–Kier alpha value is 0.310. The number of rotatable bonds is 6. The average Bonchev–Trinajstić information content (AvgIpc) is 1.84. The molecule has 1 unspecified atom stereocenters. The van der Waals surface area contributed by atoms with Gasteiger partial charge in [0.05, 0.1) is 6.10 Å². The van der Waals surface area contributed by atoms with Gasteiger partial charge in [-0.05, 0) is 24.0 Å². The summed E-state index contributed by atoms with van der Waals surface area (Å²) < 4.78 is 0. The molecule has 0 bridgehead atoms. The van der Waals surface area contributed by atoms with E-state index in [2.05, 4.69) is 27.7 Å². The summed E-state index contributed by atoms with van der Waals surface area (Å²) in [7, 11) is 0. The number of aliphatic hydroxyl groups is 1. The third kappa shape index (κ3) is 8.41. The van der Waals surface area contributed by atoms with Crippen molar-refractivity contribution in [3.8, 4) is 0 Å². The van der Waals surface area contributed by atoms with Gasteiger partial charge in [-0.15, -0.1) is 0 Å². The normalized spacial score (nSPS) is 14.2. The van der Waals surface area contributed by atoms with Crippen LogP contribution in [0.25, 0.3) is 0 Å². The maximum Gasteiger partial charge on any atom is 0.0633 e. The molecular weight excluding hydrogens is 168 g/mol. The first-order valence-electron chi connectivity index (χ1n) is 4.78. The molecule has 0 rings (SSSR count). The van der Waals surface area contributed by atoms with Crippen molar-refractivity contribution in [2.24, 2.45) is 11.8 Å². The van der Waals surface area contributed by atoms with E-state index in [0.29, 0.717) is 5.92 Å². The van der Waals surface area contributed by atoms with Gasteiger partial charge in [-0.2, -0.15) is 11.8 Å². The van der Waals surface area contributed by atoms with E-state index in [0.717, 1.165) is 23.8 Å². The van der Waals surface area contributed by atoms with Gasteiger partial charge >= 0.3 is 0 Å². The molecule has 0 spiro atoms. The van der Waals surface area contributed by atoms with E-state index >= 15 is 0 Å². The summed E-state index contributed by atoms with van der Waals surface area (Å²) in [4.78, 5) is 0. The van der Waals surface area contributed by atoms with Gasteiger partial charge in [0.1, 0.15) is 0 Å². The molecule has 0 aliphatic heterocycles. The van der Waals surface area contributed by atoms with Crippen LogP contribution in [0.2, 0.25) is 0 Å². The molecule has 0 aromatic rings. The summed E-state index contributed by atoms with van der Waals surface area (Å²) in [5.74, 6) is 3.41. The predicted molar refractivity (Wildman–Crippen MR) is 57.6 cm³/mol. The van der Waals surface area contributed by atoms with Crippen molar-refractivity contribution in [2.45, 2.75) is 40.2 Å². The number of hydrogen-bond acceptors (Lipinski definition) is 2. The molecule has 1 N–H and O–H groups in total. The smallest absolute Gasteiger partial charge is 0.0633 e. The van der Waals surface area contributed by atoms with E-state index in [-0.39, 0.29) is 6.10 Å². The summed E-state index contributed by atoms with van der Waals surface area (Å²) in [6, 6.07) is 0. The lowest BCUT2D eigenvalue weighted by Crippen LogP contribution is -2.13. The standard InChI is InChI=1S/C10H22OS/c1-8(2)5-10(11)7-12-6-9(3)4/h8-11H,5-7H2,1-4H3. The fourth-order valence-corrected chi connectivity index (χ4v) is 2.07. The summed E-state index contributed by atoms with van der Waals surface area (Å²) in [6.45, 7) is 8.72. The van der Waals surface area contributed by atoms with Crippen LogP contribution in [-0.4, -0.2) is 22.7 Å². The average molecular weight is 190 g/mol. The molecule has 0 heterocycles. The van der Waals surface area contributed by atoms with Crippen LogP contribution in [0.3, 0.4) is 0 Å². The molecule has 74 valence electrons. The molecule has 0 radical (unpaired) electrons. The Balaban J connectivity index is 3.25. The molecule has 0 saturated carbocycles. The highest BCUT2D eigenvalue weighted by atomic mass is 32.2.